The van der Waals surface area contributed by atoms with Crippen LogP contribution in [0.3, 0.4) is 0 Å². The van der Waals surface area contributed by atoms with Crippen molar-refractivity contribution in [2.75, 3.05) is 23.3 Å². The number of nitrogens with zero attached hydrogens (tertiary/aromatic N) is 2. The minimum absolute atomic E-state index is 0.0116. The van der Waals surface area contributed by atoms with Crippen LogP contribution in [0.5, 0.6) is 0 Å². The smallest absolute Gasteiger partial charge is 0.324 e. The first-order valence-electron chi connectivity index (χ1n) is 10.9. The molecule has 0 saturated carbocycles. The molecule has 1 saturated heterocycles. The average molecular weight is 429 g/mol. The monoisotopic (exact) mass is 428 g/mol. The number of rotatable bonds is 6. The van der Waals surface area contributed by atoms with E-state index in [1.807, 2.05) is 59.5 Å². The fourth-order valence-electron chi connectivity index (χ4n) is 3.79. The standard InChI is InChI=1S/C26H28N4O2/c1-20-11-13-22(14-12-20)19-29-15-6-16-30(26(29)32)24-10-5-9-23(17-24)28-25(31)27-18-21-7-3-2-4-8-21/h2-5,7-14,17H,6,15-16,18-19H2,1H3,(H2,27,28,31). The van der Waals surface area contributed by atoms with Gasteiger partial charge in [-0.3, -0.25) is 4.90 Å². The number of aryl methyl sites for hydroxylation is 1. The van der Waals surface area contributed by atoms with Gasteiger partial charge in [0.2, 0.25) is 0 Å². The normalized spacial score (nSPS) is 13.7. The van der Waals surface area contributed by atoms with Crippen LogP contribution in [0.2, 0.25) is 0 Å². The van der Waals surface area contributed by atoms with Gasteiger partial charge < -0.3 is 15.5 Å². The van der Waals surface area contributed by atoms with E-state index in [-0.39, 0.29) is 12.1 Å². The number of urea groups is 2. The number of hydrogen-bond donors (Lipinski definition) is 2. The van der Waals surface area contributed by atoms with Crippen LogP contribution >= 0.6 is 0 Å². The van der Waals surface area contributed by atoms with Crippen LogP contribution in [0.4, 0.5) is 21.0 Å². The molecular weight excluding hydrogens is 400 g/mol. The number of nitrogens with one attached hydrogen (secondary N) is 2. The Kier molecular flexibility index (Phi) is 6.70. The van der Waals surface area contributed by atoms with Gasteiger partial charge in [-0.25, -0.2) is 9.59 Å². The summed E-state index contributed by atoms with van der Waals surface area (Å²) in [5, 5.41) is 5.72. The van der Waals surface area contributed by atoms with Crippen LogP contribution in [0.1, 0.15) is 23.1 Å². The van der Waals surface area contributed by atoms with Crippen LogP contribution in [-0.4, -0.2) is 30.1 Å². The van der Waals surface area contributed by atoms with Crippen molar-refractivity contribution in [1.82, 2.24) is 10.2 Å². The number of benzene rings is 3. The summed E-state index contributed by atoms with van der Waals surface area (Å²) in [4.78, 5) is 29.1. The number of carbonyl (C=O) groups is 2. The molecule has 0 unspecified atom stereocenters. The van der Waals surface area contributed by atoms with E-state index in [0.717, 1.165) is 29.8 Å². The fourth-order valence-corrected chi connectivity index (χ4v) is 3.79. The molecule has 1 fully saturated rings. The van der Waals surface area contributed by atoms with E-state index in [2.05, 4.69) is 41.8 Å². The summed E-state index contributed by atoms with van der Waals surface area (Å²) < 4.78 is 0. The molecule has 0 spiro atoms. The number of anilines is 2. The summed E-state index contributed by atoms with van der Waals surface area (Å²) in [7, 11) is 0. The van der Waals surface area contributed by atoms with Crippen LogP contribution in [0.15, 0.2) is 78.9 Å². The van der Waals surface area contributed by atoms with Gasteiger partial charge in [0.25, 0.3) is 0 Å². The van der Waals surface area contributed by atoms with Crippen LogP contribution in [0.25, 0.3) is 0 Å². The maximum Gasteiger partial charge on any atom is 0.324 e. The van der Waals surface area contributed by atoms with Gasteiger partial charge in [-0.05, 0) is 42.7 Å². The lowest BCUT2D eigenvalue weighted by molar-refractivity contribution is 0.192. The highest BCUT2D eigenvalue weighted by Gasteiger charge is 2.27. The van der Waals surface area contributed by atoms with Crippen LogP contribution in [0, 0.1) is 6.92 Å². The van der Waals surface area contributed by atoms with Crippen molar-refractivity contribution in [3.05, 3.63) is 95.6 Å². The summed E-state index contributed by atoms with van der Waals surface area (Å²) in [6, 6.07) is 25.2. The van der Waals surface area contributed by atoms with Gasteiger partial charge in [-0.15, -0.1) is 0 Å². The van der Waals surface area contributed by atoms with E-state index < -0.39 is 0 Å². The Labute approximate surface area is 188 Å². The van der Waals surface area contributed by atoms with Crippen molar-refractivity contribution in [2.45, 2.75) is 26.4 Å². The van der Waals surface area contributed by atoms with Crippen LogP contribution < -0.4 is 15.5 Å². The highest BCUT2D eigenvalue weighted by Crippen LogP contribution is 2.24. The molecule has 1 aliphatic heterocycles. The van der Waals surface area contributed by atoms with Crippen molar-refractivity contribution >= 4 is 23.4 Å². The van der Waals surface area contributed by atoms with Gasteiger partial charge >= 0.3 is 12.1 Å². The van der Waals surface area contributed by atoms with Crippen molar-refractivity contribution in [2.24, 2.45) is 0 Å². The quantitative estimate of drug-likeness (QED) is 0.570. The molecule has 2 N–H and O–H groups in total. The van der Waals surface area contributed by atoms with E-state index in [4.69, 9.17) is 0 Å². The largest absolute Gasteiger partial charge is 0.334 e. The van der Waals surface area contributed by atoms with E-state index in [0.29, 0.717) is 25.3 Å². The Morgan fingerprint density at radius 3 is 2.47 bits per heavy atom. The highest BCUT2D eigenvalue weighted by molar-refractivity contribution is 5.95. The van der Waals surface area contributed by atoms with E-state index in [1.54, 1.807) is 4.90 Å². The summed E-state index contributed by atoms with van der Waals surface area (Å²) in [5.74, 6) is 0. The van der Waals surface area contributed by atoms with Crippen molar-refractivity contribution in [1.29, 1.82) is 0 Å². The van der Waals surface area contributed by atoms with E-state index in [1.165, 1.54) is 5.56 Å². The second-order valence-corrected chi connectivity index (χ2v) is 8.04. The predicted molar refractivity (Wildman–Crippen MR) is 128 cm³/mol. The Balaban J connectivity index is 1.38. The third kappa shape index (κ3) is 5.46. The minimum atomic E-state index is -0.281. The molecular formula is C26H28N4O2. The van der Waals surface area contributed by atoms with Gasteiger partial charge in [0.1, 0.15) is 0 Å². The number of hydrogen-bond acceptors (Lipinski definition) is 2. The zero-order valence-electron chi connectivity index (χ0n) is 18.3. The second-order valence-electron chi connectivity index (χ2n) is 8.04. The first kappa shape index (κ1) is 21.4. The maximum absolute atomic E-state index is 13.1. The molecule has 164 valence electrons. The Hall–Kier alpha value is -3.80. The van der Waals surface area contributed by atoms with E-state index in [9.17, 15) is 9.59 Å². The molecule has 3 aromatic rings. The molecule has 0 atom stereocenters. The average Bonchev–Trinajstić information content (AvgIpc) is 2.81. The van der Waals surface area contributed by atoms with Crippen molar-refractivity contribution < 1.29 is 9.59 Å². The number of carbonyl (C=O) groups excluding carboxylic acids is 2. The topological polar surface area (TPSA) is 64.7 Å². The van der Waals surface area contributed by atoms with Crippen molar-refractivity contribution in [3.63, 3.8) is 0 Å². The SMILES string of the molecule is Cc1ccc(CN2CCCN(c3cccc(NC(=O)NCc4ccccc4)c3)C2=O)cc1. The molecule has 1 heterocycles. The lowest BCUT2D eigenvalue weighted by atomic mass is 10.1. The van der Waals surface area contributed by atoms with Crippen LogP contribution in [-0.2, 0) is 13.1 Å². The maximum atomic E-state index is 13.1. The summed E-state index contributed by atoms with van der Waals surface area (Å²) in [5.41, 5.74) is 4.79. The zero-order chi connectivity index (χ0) is 22.3. The molecule has 4 amide bonds. The first-order valence-corrected chi connectivity index (χ1v) is 10.9. The van der Waals surface area contributed by atoms with Crippen molar-refractivity contribution in [3.8, 4) is 0 Å². The molecule has 32 heavy (non-hydrogen) atoms. The molecule has 3 aromatic carbocycles. The molecule has 0 bridgehead atoms. The van der Waals surface area contributed by atoms with Gasteiger partial charge in [0, 0.05) is 37.6 Å². The summed E-state index contributed by atoms with van der Waals surface area (Å²) in [6.07, 6.45) is 0.896. The summed E-state index contributed by atoms with van der Waals surface area (Å²) in [6.45, 7) is 4.50. The predicted octanol–water partition coefficient (Wildman–Crippen LogP) is 5.15. The minimum Gasteiger partial charge on any atom is -0.334 e. The molecule has 6 nitrogen and oxygen atoms in total. The lowest BCUT2D eigenvalue weighted by Gasteiger charge is -2.36. The fraction of sp³-hybridized carbons (Fsp3) is 0.231. The molecule has 4 rings (SSSR count). The molecule has 0 radical (unpaired) electrons. The molecule has 1 aliphatic rings. The third-order valence-electron chi connectivity index (χ3n) is 5.52. The Morgan fingerprint density at radius 1 is 0.906 bits per heavy atom. The van der Waals surface area contributed by atoms with Gasteiger partial charge in [0.15, 0.2) is 0 Å². The zero-order valence-corrected chi connectivity index (χ0v) is 18.3. The first-order chi connectivity index (χ1) is 15.6. The van der Waals surface area contributed by atoms with E-state index >= 15 is 0 Å². The van der Waals surface area contributed by atoms with Gasteiger partial charge in [-0.2, -0.15) is 0 Å². The van der Waals surface area contributed by atoms with Gasteiger partial charge in [-0.1, -0.05) is 66.2 Å². The number of amides is 4. The molecule has 0 aliphatic carbocycles. The molecule has 6 heteroatoms. The molecule has 0 aromatic heterocycles. The second kappa shape index (κ2) is 10.0. The lowest BCUT2D eigenvalue weighted by Crippen LogP contribution is -2.49. The Morgan fingerprint density at radius 2 is 1.69 bits per heavy atom. The van der Waals surface area contributed by atoms with Gasteiger partial charge in [0.05, 0.1) is 0 Å². The third-order valence-corrected chi connectivity index (χ3v) is 5.52. The Bertz CT molecular complexity index is 1070. The summed E-state index contributed by atoms with van der Waals surface area (Å²) >= 11 is 0. The highest BCUT2D eigenvalue weighted by atomic mass is 16.2.